The molecule has 1 aliphatic rings. The van der Waals surface area contributed by atoms with E-state index < -0.39 is 23.2 Å². The number of hydrogen-bond donors (Lipinski definition) is 1. The van der Waals surface area contributed by atoms with E-state index in [2.05, 4.69) is 16.5 Å². The van der Waals surface area contributed by atoms with Gasteiger partial charge >= 0.3 is 5.97 Å². The average molecular weight is 433 g/mol. The third kappa shape index (κ3) is 4.57. The predicted molar refractivity (Wildman–Crippen MR) is 110 cm³/mol. The van der Waals surface area contributed by atoms with Gasteiger partial charge in [0.25, 0.3) is 0 Å². The summed E-state index contributed by atoms with van der Waals surface area (Å²) in [7, 11) is 0. The first-order chi connectivity index (χ1) is 14.1. The molecule has 0 atom stereocenters. The lowest BCUT2D eigenvalue weighted by Crippen LogP contribution is -2.29. The van der Waals surface area contributed by atoms with Gasteiger partial charge in [-0.15, -0.1) is 0 Å². The summed E-state index contributed by atoms with van der Waals surface area (Å²) in [4.78, 5) is 20.3. The molecule has 30 heavy (non-hydrogen) atoms. The topological polar surface area (TPSA) is 72.3 Å². The molecule has 1 aromatic carbocycles. The first-order valence-electron chi connectivity index (χ1n) is 9.09. The van der Waals surface area contributed by atoms with Crippen LogP contribution in [0.2, 0.25) is 0 Å². The van der Waals surface area contributed by atoms with E-state index in [9.17, 15) is 18.7 Å². The van der Waals surface area contributed by atoms with Gasteiger partial charge in [-0.25, -0.2) is 18.6 Å². The average Bonchev–Trinajstić information content (AvgIpc) is 3.45. The van der Waals surface area contributed by atoms with Gasteiger partial charge < -0.3 is 9.84 Å². The molecule has 0 saturated heterocycles. The van der Waals surface area contributed by atoms with Crippen LogP contribution in [0.1, 0.15) is 31.2 Å². The lowest BCUT2D eigenvalue weighted by molar-refractivity contribution is -0.147. The zero-order chi connectivity index (χ0) is 22.1. The Balaban J connectivity index is 2.17. The van der Waals surface area contributed by atoms with Crippen molar-refractivity contribution in [2.45, 2.75) is 32.3 Å². The maximum atomic E-state index is 13.9. The van der Waals surface area contributed by atoms with Crippen molar-refractivity contribution in [3.05, 3.63) is 71.1 Å². The van der Waals surface area contributed by atoms with E-state index in [0.717, 1.165) is 12.1 Å². The molecule has 156 valence electrons. The fourth-order valence-corrected chi connectivity index (χ4v) is 2.84. The summed E-state index contributed by atoms with van der Waals surface area (Å²) in [6.45, 7) is 7.05. The molecule has 0 bridgehead atoms. The Labute approximate surface area is 177 Å². The molecule has 0 radical (unpaired) electrons. The summed E-state index contributed by atoms with van der Waals surface area (Å²) in [6, 6.07) is 3.51. The van der Waals surface area contributed by atoms with Crippen molar-refractivity contribution in [3.8, 4) is 17.1 Å². The SMILES string of the molecule is C=C/C(=C\C=C(/C)Cl)c1nc(OC2(C(=O)O)CC2)cc(-c2cc(F)c(F)cc2C)n1. The number of allylic oxidation sites excluding steroid dienone is 5. The fraction of sp³-hybridized carbons (Fsp3) is 0.227. The Morgan fingerprint density at radius 1 is 1.23 bits per heavy atom. The maximum absolute atomic E-state index is 13.9. The van der Waals surface area contributed by atoms with Gasteiger partial charge in [-0.1, -0.05) is 30.3 Å². The zero-order valence-electron chi connectivity index (χ0n) is 16.4. The predicted octanol–water partition coefficient (Wildman–Crippen LogP) is 5.44. The third-order valence-corrected chi connectivity index (χ3v) is 4.74. The fourth-order valence-electron chi connectivity index (χ4n) is 2.78. The standard InChI is InChI=1S/C22H19ClF2N2O3/c1-4-14(6-5-13(3)23)20-26-18(15-10-17(25)16(24)9-12(15)2)11-19(27-20)30-22(7-8-22)21(28)29/h4-6,9-11H,1,7-8H2,2-3H3,(H,28,29)/b13-5+,14-6+. The molecule has 2 aromatic rings. The van der Waals surface area contributed by atoms with E-state index in [0.29, 0.717) is 34.6 Å². The summed E-state index contributed by atoms with van der Waals surface area (Å²) >= 11 is 5.88. The first kappa shape index (κ1) is 21.6. The monoisotopic (exact) mass is 432 g/mol. The molecule has 1 heterocycles. The number of carbonyl (C=O) groups is 1. The van der Waals surface area contributed by atoms with Crippen LogP contribution in [-0.2, 0) is 4.79 Å². The number of aliphatic carboxylic acids is 1. The third-order valence-electron chi connectivity index (χ3n) is 4.61. The van der Waals surface area contributed by atoms with Gasteiger partial charge in [0.1, 0.15) is 0 Å². The van der Waals surface area contributed by atoms with E-state index in [4.69, 9.17) is 16.3 Å². The molecule has 3 rings (SSSR count). The first-order valence-corrected chi connectivity index (χ1v) is 9.47. The van der Waals surface area contributed by atoms with E-state index in [-0.39, 0.29) is 17.4 Å². The van der Waals surface area contributed by atoms with Gasteiger partial charge in [-0.3, -0.25) is 0 Å². The zero-order valence-corrected chi connectivity index (χ0v) is 17.1. The molecule has 0 spiro atoms. The molecule has 1 saturated carbocycles. The van der Waals surface area contributed by atoms with E-state index in [1.807, 2.05) is 0 Å². The number of aryl methyl sites for hydroxylation is 1. The van der Waals surface area contributed by atoms with Gasteiger partial charge in [-0.2, -0.15) is 4.98 Å². The highest BCUT2D eigenvalue weighted by molar-refractivity contribution is 6.29. The molecular weight excluding hydrogens is 414 g/mol. The van der Waals surface area contributed by atoms with Crippen molar-refractivity contribution < 1.29 is 23.4 Å². The highest BCUT2D eigenvalue weighted by Crippen LogP contribution is 2.41. The summed E-state index contributed by atoms with van der Waals surface area (Å²) < 4.78 is 33.1. The number of aromatic nitrogens is 2. The Bertz CT molecular complexity index is 1090. The minimum atomic E-state index is -1.34. The van der Waals surface area contributed by atoms with Crippen molar-refractivity contribution >= 4 is 23.1 Å². The highest BCUT2D eigenvalue weighted by atomic mass is 35.5. The number of ether oxygens (including phenoxy) is 1. The quantitative estimate of drug-likeness (QED) is 0.590. The Hall–Kier alpha value is -3.06. The van der Waals surface area contributed by atoms with Crippen LogP contribution in [-0.4, -0.2) is 26.6 Å². The number of halogens is 3. The summed E-state index contributed by atoms with van der Waals surface area (Å²) in [5.41, 5.74) is 0.185. The number of nitrogens with zero attached hydrogens (tertiary/aromatic N) is 2. The summed E-state index contributed by atoms with van der Waals surface area (Å²) in [5.74, 6) is -2.90. The summed E-state index contributed by atoms with van der Waals surface area (Å²) in [5, 5.41) is 9.94. The smallest absolute Gasteiger partial charge is 0.348 e. The van der Waals surface area contributed by atoms with Crippen molar-refractivity contribution in [2.24, 2.45) is 0 Å². The van der Waals surface area contributed by atoms with Crippen LogP contribution < -0.4 is 4.74 Å². The molecule has 0 amide bonds. The Morgan fingerprint density at radius 2 is 1.90 bits per heavy atom. The second-order valence-corrected chi connectivity index (χ2v) is 7.57. The van der Waals surface area contributed by atoms with Crippen LogP contribution in [0.3, 0.4) is 0 Å². The van der Waals surface area contributed by atoms with E-state index in [1.165, 1.54) is 12.1 Å². The van der Waals surface area contributed by atoms with Crippen LogP contribution in [0.25, 0.3) is 16.8 Å². The number of hydrogen-bond acceptors (Lipinski definition) is 4. The molecule has 5 nitrogen and oxygen atoms in total. The van der Waals surface area contributed by atoms with Crippen molar-refractivity contribution in [1.29, 1.82) is 0 Å². The minimum absolute atomic E-state index is 0.0124. The van der Waals surface area contributed by atoms with E-state index >= 15 is 0 Å². The second-order valence-electron chi connectivity index (χ2n) is 6.98. The molecule has 1 aromatic heterocycles. The van der Waals surface area contributed by atoms with Crippen molar-refractivity contribution in [2.75, 3.05) is 0 Å². The van der Waals surface area contributed by atoms with E-state index in [1.54, 1.807) is 26.0 Å². The molecule has 1 N–H and O–H groups in total. The normalized spacial score (nSPS) is 15.6. The van der Waals surface area contributed by atoms with Gasteiger partial charge in [0.05, 0.1) is 5.69 Å². The van der Waals surface area contributed by atoms with Crippen molar-refractivity contribution in [3.63, 3.8) is 0 Å². The highest BCUT2D eigenvalue weighted by Gasteiger charge is 2.54. The lowest BCUT2D eigenvalue weighted by Gasteiger charge is -2.15. The van der Waals surface area contributed by atoms with Gasteiger partial charge in [0.15, 0.2) is 17.5 Å². The molecule has 1 fully saturated rings. The van der Waals surface area contributed by atoms with Gasteiger partial charge in [0, 0.05) is 35.1 Å². The van der Waals surface area contributed by atoms with Gasteiger partial charge in [-0.05, 0) is 37.6 Å². The number of carboxylic acid groups (broad SMARTS) is 1. The Morgan fingerprint density at radius 3 is 2.47 bits per heavy atom. The van der Waals surface area contributed by atoms with Crippen LogP contribution in [0.5, 0.6) is 5.88 Å². The number of rotatable bonds is 7. The number of benzene rings is 1. The largest absolute Gasteiger partial charge is 0.478 e. The van der Waals surface area contributed by atoms with Crippen LogP contribution in [0.4, 0.5) is 8.78 Å². The molecule has 0 aliphatic heterocycles. The van der Waals surface area contributed by atoms with Crippen molar-refractivity contribution in [1.82, 2.24) is 9.97 Å². The Kier molecular flexibility index (Phi) is 6.03. The lowest BCUT2D eigenvalue weighted by atomic mass is 10.0. The van der Waals surface area contributed by atoms with Gasteiger partial charge in [0.2, 0.25) is 11.5 Å². The van der Waals surface area contributed by atoms with Crippen LogP contribution >= 0.6 is 11.6 Å². The summed E-state index contributed by atoms with van der Waals surface area (Å²) in [6.07, 6.45) is 5.46. The second kappa shape index (κ2) is 8.36. The van der Waals surface area contributed by atoms with Crippen LogP contribution in [0, 0.1) is 18.6 Å². The van der Waals surface area contributed by atoms with Crippen LogP contribution in [0.15, 0.2) is 48.0 Å². The molecule has 8 heteroatoms. The maximum Gasteiger partial charge on any atom is 0.348 e. The molecule has 0 unspecified atom stereocenters. The minimum Gasteiger partial charge on any atom is -0.478 e. The molecular formula is C22H19ClF2N2O3. The molecule has 1 aliphatic carbocycles. The number of carboxylic acids is 1.